The van der Waals surface area contributed by atoms with E-state index >= 15 is 0 Å². The SMILES string of the molecule is CCCCc1ccc(S(=O)(=O)c2cnc(SCC(=O)Nc3nccs3)[nH]c2=O)cc1. The number of carbonyl (C=O) groups excluding carboxylic acids is 1. The van der Waals surface area contributed by atoms with E-state index in [1.807, 2.05) is 0 Å². The molecule has 0 aliphatic heterocycles. The molecule has 1 aromatic carbocycles. The second kappa shape index (κ2) is 10.0. The lowest BCUT2D eigenvalue weighted by atomic mass is 10.1. The molecule has 8 nitrogen and oxygen atoms in total. The lowest BCUT2D eigenvalue weighted by molar-refractivity contribution is -0.113. The Morgan fingerprint density at radius 1 is 1.23 bits per heavy atom. The van der Waals surface area contributed by atoms with Gasteiger partial charge in [0.25, 0.3) is 5.56 Å². The number of hydrogen-bond acceptors (Lipinski definition) is 8. The molecule has 0 saturated heterocycles. The molecule has 0 spiro atoms. The molecule has 11 heteroatoms. The van der Waals surface area contributed by atoms with Crippen molar-refractivity contribution >= 4 is 44.0 Å². The zero-order chi connectivity index (χ0) is 21.6. The number of aromatic amines is 1. The minimum Gasteiger partial charge on any atom is -0.301 e. The van der Waals surface area contributed by atoms with Gasteiger partial charge in [0, 0.05) is 11.6 Å². The Balaban J connectivity index is 1.69. The van der Waals surface area contributed by atoms with Gasteiger partial charge >= 0.3 is 0 Å². The lowest BCUT2D eigenvalue weighted by Gasteiger charge is -2.06. The first-order valence-corrected chi connectivity index (χ1v) is 12.5. The highest BCUT2D eigenvalue weighted by atomic mass is 32.2. The number of carbonyl (C=O) groups is 1. The summed E-state index contributed by atoms with van der Waals surface area (Å²) >= 11 is 2.28. The summed E-state index contributed by atoms with van der Waals surface area (Å²) < 4.78 is 25.6. The maximum absolute atomic E-state index is 12.8. The molecule has 158 valence electrons. The number of hydrogen-bond donors (Lipinski definition) is 2. The molecular formula is C19H20N4O4S3. The van der Waals surface area contributed by atoms with Crippen LogP contribution in [0.2, 0.25) is 0 Å². The predicted octanol–water partition coefficient (Wildman–Crippen LogP) is 3.13. The van der Waals surface area contributed by atoms with Gasteiger partial charge < -0.3 is 10.3 Å². The largest absolute Gasteiger partial charge is 0.301 e. The Hall–Kier alpha value is -2.50. The number of amides is 1. The average molecular weight is 465 g/mol. The minimum atomic E-state index is -3.99. The molecule has 1 amide bonds. The highest BCUT2D eigenvalue weighted by molar-refractivity contribution is 7.99. The minimum absolute atomic E-state index is 0.00611. The van der Waals surface area contributed by atoms with Crippen molar-refractivity contribution in [1.29, 1.82) is 0 Å². The number of nitrogens with zero attached hydrogens (tertiary/aromatic N) is 2. The molecule has 0 saturated carbocycles. The third-order valence-corrected chi connectivity index (χ3v) is 7.44. The van der Waals surface area contributed by atoms with Crippen molar-refractivity contribution in [3.05, 3.63) is 58.0 Å². The summed E-state index contributed by atoms with van der Waals surface area (Å²) in [6.45, 7) is 2.09. The summed E-state index contributed by atoms with van der Waals surface area (Å²) in [5.74, 6) is -0.314. The van der Waals surface area contributed by atoms with Crippen molar-refractivity contribution in [3.63, 3.8) is 0 Å². The normalized spacial score (nSPS) is 11.4. The number of aryl methyl sites for hydroxylation is 1. The Bertz CT molecular complexity index is 1160. The number of unbranched alkanes of at least 4 members (excludes halogenated alkanes) is 1. The van der Waals surface area contributed by atoms with E-state index in [1.54, 1.807) is 23.7 Å². The number of nitrogens with one attached hydrogen (secondary N) is 2. The molecule has 2 N–H and O–H groups in total. The molecule has 3 aromatic rings. The van der Waals surface area contributed by atoms with Gasteiger partial charge in [0.15, 0.2) is 15.2 Å². The van der Waals surface area contributed by atoms with E-state index in [4.69, 9.17) is 0 Å². The van der Waals surface area contributed by atoms with Crippen LogP contribution in [0.4, 0.5) is 5.13 Å². The van der Waals surface area contributed by atoms with Gasteiger partial charge in [-0.2, -0.15) is 0 Å². The third kappa shape index (κ3) is 5.55. The number of aromatic nitrogens is 3. The van der Waals surface area contributed by atoms with Crippen LogP contribution in [0.15, 0.2) is 61.8 Å². The molecule has 30 heavy (non-hydrogen) atoms. The van der Waals surface area contributed by atoms with Crippen molar-refractivity contribution in [2.75, 3.05) is 11.1 Å². The van der Waals surface area contributed by atoms with Crippen LogP contribution in [0.1, 0.15) is 25.3 Å². The topological polar surface area (TPSA) is 122 Å². The predicted molar refractivity (Wildman–Crippen MR) is 117 cm³/mol. The molecule has 0 aliphatic carbocycles. The molecular weight excluding hydrogens is 444 g/mol. The molecule has 0 fully saturated rings. The van der Waals surface area contributed by atoms with E-state index in [2.05, 4.69) is 27.2 Å². The van der Waals surface area contributed by atoms with E-state index in [0.29, 0.717) is 5.13 Å². The molecule has 2 heterocycles. The Morgan fingerprint density at radius 2 is 2.00 bits per heavy atom. The fraction of sp³-hybridized carbons (Fsp3) is 0.263. The molecule has 0 radical (unpaired) electrons. The fourth-order valence-electron chi connectivity index (χ4n) is 2.55. The molecule has 3 rings (SSSR count). The van der Waals surface area contributed by atoms with Crippen molar-refractivity contribution in [1.82, 2.24) is 15.0 Å². The number of thioether (sulfide) groups is 1. The van der Waals surface area contributed by atoms with Gasteiger partial charge in [0.1, 0.15) is 0 Å². The van der Waals surface area contributed by atoms with E-state index in [9.17, 15) is 18.0 Å². The summed E-state index contributed by atoms with van der Waals surface area (Å²) in [4.78, 5) is 34.2. The zero-order valence-electron chi connectivity index (χ0n) is 16.1. The molecule has 0 unspecified atom stereocenters. The summed E-state index contributed by atoms with van der Waals surface area (Å²) in [5, 5.41) is 4.98. The highest BCUT2D eigenvalue weighted by Crippen LogP contribution is 2.20. The number of H-pyrrole nitrogens is 1. The first-order chi connectivity index (χ1) is 14.4. The van der Waals surface area contributed by atoms with Gasteiger partial charge in [0.05, 0.1) is 16.8 Å². The monoisotopic (exact) mass is 464 g/mol. The second-order valence-electron chi connectivity index (χ2n) is 6.31. The number of sulfone groups is 1. The third-order valence-electron chi connectivity index (χ3n) is 4.10. The number of anilines is 1. The molecule has 2 aromatic heterocycles. The second-order valence-corrected chi connectivity index (χ2v) is 10.1. The van der Waals surface area contributed by atoms with Gasteiger partial charge in [0.2, 0.25) is 15.7 Å². The van der Waals surface area contributed by atoms with Crippen LogP contribution in [0.3, 0.4) is 0 Å². The first-order valence-electron chi connectivity index (χ1n) is 9.15. The van der Waals surface area contributed by atoms with Gasteiger partial charge in [-0.3, -0.25) is 9.59 Å². The maximum atomic E-state index is 12.8. The summed E-state index contributed by atoms with van der Waals surface area (Å²) in [6.07, 6.45) is 5.56. The van der Waals surface area contributed by atoms with Crippen LogP contribution in [0.25, 0.3) is 0 Å². The van der Waals surface area contributed by atoms with E-state index in [1.165, 1.54) is 23.5 Å². The van der Waals surface area contributed by atoms with Crippen molar-refractivity contribution in [2.45, 2.75) is 41.1 Å². The van der Waals surface area contributed by atoms with Gasteiger partial charge in [-0.25, -0.2) is 18.4 Å². The smallest absolute Gasteiger partial charge is 0.270 e. The van der Waals surface area contributed by atoms with Crippen molar-refractivity contribution in [2.24, 2.45) is 0 Å². The van der Waals surface area contributed by atoms with Crippen LogP contribution >= 0.6 is 23.1 Å². The van der Waals surface area contributed by atoms with Crippen LogP contribution in [0, 0.1) is 0 Å². The molecule has 0 atom stereocenters. The highest BCUT2D eigenvalue weighted by Gasteiger charge is 2.22. The van der Waals surface area contributed by atoms with Crippen molar-refractivity contribution in [3.8, 4) is 0 Å². The van der Waals surface area contributed by atoms with E-state index in [0.717, 1.165) is 42.8 Å². The van der Waals surface area contributed by atoms with E-state index < -0.39 is 20.3 Å². The quantitative estimate of drug-likeness (QED) is 0.368. The Kier molecular flexibility index (Phi) is 7.40. The van der Waals surface area contributed by atoms with E-state index in [-0.39, 0.29) is 21.7 Å². The van der Waals surface area contributed by atoms with Gasteiger partial charge in [-0.05, 0) is 30.5 Å². The zero-order valence-corrected chi connectivity index (χ0v) is 18.6. The van der Waals surface area contributed by atoms with Crippen LogP contribution in [-0.4, -0.2) is 35.0 Å². The van der Waals surface area contributed by atoms with Crippen molar-refractivity contribution < 1.29 is 13.2 Å². The summed E-state index contributed by atoms with van der Waals surface area (Å²) in [6, 6.07) is 6.53. The van der Waals surface area contributed by atoms with Crippen LogP contribution < -0.4 is 10.9 Å². The van der Waals surface area contributed by atoms with Gasteiger partial charge in [-0.1, -0.05) is 37.2 Å². The van der Waals surface area contributed by atoms with Gasteiger partial charge in [-0.15, -0.1) is 11.3 Å². The standard InChI is InChI=1S/C19H20N4O4S3/c1-2-3-4-13-5-7-14(8-6-13)30(26,27)15-11-21-19(23-17(15)25)29-12-16(24)22-18-20-9-10-28-18/h5-11H,2-4,12H2,1H3,(H,20,22,24)(H,21,23,25). The summed E-state index contributed by atoms with van der Waals surface area (Å²) in [7, 11) is -3.99. The molecule has 0 bridgehead atoms. The molecule has 0 aliphatic rings. The van der Waals surface area contributed by atoms with Crippen LogP contribution in [0.5, 0.6) is 0 Å². The fourth-order valence-corrected chi connectivity index (χ4v) is 4.96. The Morgan fingerprint density at radius 3 is 2.63 bits per heavy atom. The number of rotatable bonds is 9. The average Bonchev–Trinajstić information content (AvgIpc) is 3.24. The summed E-state index contributed by atoms with van der Waals surface area (Å²) in [5.41, 5.74) is 0.272. The van der Waals surface area contributed by atoms with Crippen LogP contribution in [-0.2, 0) is 21.1 Å². The Labute approximate surface area is 182 Å². The lowest BCUT2D eigenvalue weighted by Crippen LogP contribution is -2.20. The maximum Gasteiger partial charge on any atom is 0.270 e. The first kappa shape index (κ1) is 22.2. The number of benzene rings is 1. The number of thiazole rings is 1.